The minimum Gasteiger partial charge on any atom is -0.439 e. The number of hydrogen-bond donors (Lipinski definition) is 2. The van der Waals surface area contributed by atoms with Crippen LogP contribution in [0, 0.1) is 0 Å². The second-order valence-electron chi connectivity index (χ2n) is 4.91. The lowest BCUT2D eigenvalue weighted by Crippen LogP contribution is -2.18. The van der Waals surface area contributed by atoms with Crippen molar-refractivity contribution < 1.29 is 22.7 Å². The van der Waals surface area contributed by atoms with Crippen molar-refractivity contribution in [2.75, 3.05) is 18.9 Å². The number of nitrogens with zero attached hydrogens (tertiary/aromatic N) is 1. The van der Waals surface area contributed by atoms with Gasteiger partial charge in [-0.2, -0.15) is 13.2 Å². The van der Waals surface area contributed by atoms with Crippen molar-refractivity contribution in [3.05, 3.63) is 48.2 Å². The van der Waals surface area contributed by atoms with Crippen molar-refractivity contribution in [1.82, 2.24) is 10.3 Å². The number of anilines is 1. The van der Waals surface area contributed by atoms with Gasteiger partial charge in [0.25, 0.3) is 0 Å². The molecule has 0 fully saturated rings. The molecule has 0 atom stereocenters. The Morgan fingerprint density at radius 1 is 1.17 bits per heavy atom. The summed E-state index contributed by atoms with van der Waals surface area (Å²) >= 11 is 0. The predicted octanol–water partition coefficient (Wildman–Crippen LogP) is 3.44. The first-order valence-electron chi connectivity index (χ1n) is 7.14. The van der Waals surface area contributed by atoms with Gasteiger partial charge in [0.2, 0.25) is 11.8 Å². The Kier molecular flexibility index (Phi) is 5.75. The molecule has 0 spiro atoms. The Hall–Kier alpha value is -2.61. The van der Waals surface area contributed by atoms with Gasteiger partial charge in [-0.05, 0) is 37.4 Å². The zero-order valence-corrected chi connectivity index (χ0v) is 12.9. The van der Waals surface area contributed by atoms with Crippen LogP contribution >= 0.6 is 0 Å². The average molecular weight is 339 g/mol. The van der Waals surface area contributed by atoms with Gasteiger partial charge in [0.1, 0.15) is 5.75 Å². The summed E-state index contributed by atoms with van der Waals surface area (Å²) in [5.41, 5.74) is -0.238. The molecule has 0 aliphatic carbocycles. The van der Waals surface area contributed by atoms with Crippen LogP contribution in [0.15, 0.2) is 42.6 Å². The van der Waals surface area contributed by atoms with E-state index in [-0.39, 0.29) is 17.5 Å². The topological polar surface area (TPSA) is 63.2 Å². The fourth-order valence-electron chi connectivity index (χ4n) is 1.81. The number of carbonyl (C=O) groups excluding carboxylic acids is 1. The van der Waals surface area contributed by atoms with Gasteiger partial charge in [0.15, 0.2) is 0 Å². The molecule has 8 heteroatoms. The van der Waals surface area contributed by atoms with Crippen molar-refractivity contribution in [3.8, 4) is 11.6 Å². The highest BCUT2D eigenvalue weighted by Gasteiger charge is 2.30. The number of halogens is 3. The molecular formula is C16H16F3N3O2. The van der Waals surface area contributed by atoms with Gasteiger partial charge >= 0.3 is 6.18 Å². The van der Waals surface area contributed by atoms with Crippen molar-refractivity contribution in [2.24, 2.45) is 0 Å². The van der Waals surface area contributed by atoms with E-state index in [9.17, 15) is 18.0 Å². The Bertz CT molecular complexity index is 670. The molecule has 0 saturated carbocycles. The summed E-state index contributed by atoms with van der Waals surface area (Å²) in [6.45, 7) is 0.564. The quantitative estimate of drug-likeness (QED) is 0.846. The molecule has 24 heavy (non-hydrogen) atoms. The third-order valence-electron chi connectivity index (χ3n) is 3.03. The van der Waals surface area contributed by atoms with E-state index in [2.05, 4.69) is 15.6 Å². The lowest BCUT2D eigenvalue weighted by atomic mass is 10.2. The SMILES string of the molecule is CNCCC(=O)Nc1ccc(Oc2ccc(C(F)(F)F)cc2)nc1. The van der Waals surface area contributed by atoms with E-state index in [1.807, 2.05) is 0 Å². The molecule has 0 radical (unpaired) electrons. The molecule has 1 amide bonds. The number of pyridine rings is 1. The Labute approximate surface area is 136 Å². The molecule has 2 N–H and O–H groups in total. The summed E-state index contributed by atoms with van der Waals surface area (Å²) in [6.07, 6.45) is -2.64. The van der Waals surface area contributed by atoms with Crippen molar-refractivity contribution in [1.29, 1.82) is 0 Å². The maximum atomic E-state index is 12.5. The molecule has 0 aliphatic heterocycles. The molecule has 0 aliphatic rings. The van der Waals surface area contributed by atoms with Crippen LogP contribution in [0.5, 0.6) is 11.6 Å². The standard InChI is InChI=1S/C16H16F3N3O2/c1-20-9-8-14(23)22-12-4-7-15(21-10-12)24-13-5-2-11(3-6-13)16(17,18)19/h2-7,10,20H,8-9H2,1H3,(H,22,23). The summed E-state index contributed by atoms with van der Waals surface area (Å²) in [5.74, 6) is 0.298. The van der Waals surface area contributed by atoms with Crippen molar-refractivity contribution in [3.63, 3.8) is 0 Å². The highest BCUT2D eigenvalue weighted by molar-refractivity contribution is 5.90. The average Bonchev–Trinajstić information content (AvgIpc) is 2.54. The number of rotatable bonds is 6. The fourth-order valence-corrected chi connectivity index (χ4v) is 1.81. The van der Waals surface area contributed by atoms with Gasteiger partial charge in [0.05, 0.1) is 17.4 Å². The lowest BCUT2D eigenvalue weighted by Gasteiger charge is -2.09. The Balaban J connectivity index is 1.95. The molecule has 0 saturated heterocycles. The van der Waals surface area contributed by atoms with Crippen LogP contribution in [0.4, 0.5) is 18.9 Å². The molecule has 128 valence electrons. The van der Waals surface area contributed by atoms with E-state index in [4.69, 9.17) is 4.74 Å². The maximum Gasteiger partial charge on any atom is 0.416 e. The molecule has 0 unspecified atom stereocenters. The predicted molar refractivity (Wildman–Crippen MR) is 82.9 cm³/mol. The number of nitrogens with one attached hydrogen (secondary N) is 2. The minimum atomic E-state index is -4.38. The first-order valence-corrected chi connectivity index (χ1v) is 7.14. The molecule has 1 aromatic heterocycles. The molecule has 2 rings (SSSR count). The lowest BCUT2D eigenvalue weighted by molar-refractivity contribution is -0.137. The highest BCUT2D eigenvalue weighted by atomic mass is 19.4. The third-order valence-corrected chi connectivity index (χ3v) is 3.03. The van der Waals surface area contributed by atoms with Crippen LogP contribution in [0.3, 0.4) is 0 Å². The second kappa shape index (κ2) is 7.78. The Morgan fingerprint density at radius 3 is 2.42 bits per heavy atom. The second-order valence-corrected chi connectivity index (χ2v) is 4.91. The number of amides is 1. The number of hydrogen-bond acceptors (Lipinski definition) is 4. The molecule has 1 aromatic carbocycles. The van der Waals surface area contributed by atoms with E-state index < -0.39 is 11.7 Å². The Morgan fingerprint density at radius 2 is 1.88 bits per heavy atom. The first kappa shape index (κ1) is 17.7. The number of alkyl halides is 3. The summed E-state index contributed by atoms with van der Waals surface area (Å²) in [4.78, 5) is 15.6. The minimum absolute atomic E-state index is 0.150. The van der Waals surface area contributed by atoms with E-state index >= 15 is 0 Å². The van der Waals surface area contributed by atoms with Crippen LogP contribution in [-0.4, -0.2) is 24.5 Å². The zero-order chi connectivity index (χ0) is 17.6. The number of ether oxygens (including phenoxy) is 1. The molecule has 5 nitrogen and oxygen atoms in total. The van der Waals surface area contributed by atoms with Crippen LogP contribution < -0.4 is 15.4 Å². The van der Waals surface area contributed by atoms with Crippen LogP contribution in [-0.2, 0) is 11.0 Å². The summed E-state index contributed by atoms with van der Waals surface area (Å²) in [6, 6.07) is 7.43. The summed E-state index contributed by atoms with van der Waals surface area (Å²) in [7, 11) is 1.75. The summed E-state index contributed by atoms with van der Waals surface area (Å²) < 4.78 is 42.8. The van der Waals surface area contributed by atoms with Crippen molar-refractivity contribution in [2.45, 2.75) is 12.6 Å². The van der Waals surface area contributed by atoms with Gasteiger partial charge in [-0.3, -0.25) is 4.79 Å². The van der Waals surface area contributed by atoms with Crippen LogP contribution in [0.25, 0.3) is 0 Å². The van der Waals surface area contributed by atoms with Gasteiger partial charge in [-0.25, -0.2) is 4.98 Å². The van der Waals surface area contributed by atoms with Gasteiger partial charge < -0.3 is 15.4 Å². The van der Waals surface area contributed by atoms with Gasteiger partial charge in [-0.15, -0.1) is 0 Å². The normalized spacial score (nSPS) is 11.2. The molecule has 0 bridgehead atoms. The summed E-state index contributed by atoms with van der Waals surface area (Å²) in [5, 5.41) is 5.54. The fraction of sp³-hybridized carbons (Fsp3) is 0.250. The third kappa shape index (κ3) is 5.24. The highest BCUT2D eigenvalue weighted by Crippen LogP contribution is 2.31. The van der Waals surface area contributed by atoms with E-state index in [1.165, 1.54) is 24.4 Å². The van der Waals surface area contributed by atoms with E-state index in [0.29, 0.717) is 18.7 Å². The molecule has 2 aromatic rings. The van der Waals surface area contributed by atoms with Gasteiger partial charge in [0, 0.05) is 19.0 Å². The van der Waals surface area contributed by atoms with Crippen LogP contribution in [0.1, 0.15) is 12.0 Å². The molecule has 1 heterocycles. The first-order chi connectivity index (χ1) is 11.4. The zero-order valence-electron chi connectivity index (χ0n) is 12.9. The number of carbonyl (C=O) groups is 1. The van der Waals surface area contributed by atoms with Crippen LogP contribution in [0.2, 0.25) is 0 Å². The smallest absolute Gasteiger partial charge is 0.416 e. The number of aromatic nitrogens is 1. The monoisotopic (exact) mass is 339 g/mol. The maximum absolute atomic E-state index is 12.5. The van der Waals surface area contributed by atoms with Gasteiger partial charge in [-0.1, -0.05) is 0 Å². The van der Waals surface area contributed by atoms with E-state index in [0.717, 1.165) is 12.1 Å². The molecular weight excluding hydrogens is 323 g/mol. The van der Waals surface area contributed by atoms with E-state index in [1.54, 1.807) is 13.1 Å². The largest absolute Gasteiger partial charge is 0.439 e. The number of benzene rings is 1. The van der Waals surface area contributed by atoms with Crippen molar-refractivity contribution >= 4 is 11.6 Å².